The number of nitrogens with one attached hydrogen (secondary N) is 1. The van der Waals surface area contributed by atoms with E-state index in [1.165, 1.54) is 18.9 Å². The third-order valence-corrected chi connectivity index (χ3v) is 5.10. The van der Waals surface area contributed by atoms with Crippen molar-refractivity contribution in [3.8, 4) is 0 Å². The highest BCUT2D eigenvalue weighted by Gasteiger charge is 2.60. The van der Waals surface area contributed by atoms with Crippen LogP contribution in [0.1, 0.15) is 32.8 Å². The lowest BCUT2D eigenvalue weighted by molar-refractivity contribution is -0.139. The van der Waals surface area contributed by atoms with Crippen LogP contribution in [0.15, 0.2) is 29.4 Å². The molecule has 3 amide bonds. The lowest BCUT2D eigenvalue weighted by Gasteiger charge is -2.29. The van der Waals surface area contributed by atoms with Gasteiger partial charge in [-0.1, -0.05) is 25.1 Å². The van der Waals surface area contributed by atoms with E-state index in [0.29, 0.717) is 12.1 Å². The van der Waals surface area contributed by atoms with Gasteiger partial charge >= 0.3 is 0 Å². The number of thioether (sulfide) groups is 1. The molecule has 1 spiro atoms. The van der Waals surface area contributed by atoms with E-state index in [9.17, 15) is 14.4 Å². The van der Waals surface area contributed by atoms with Crippen molar-refractivity contribution in [2.24, 2.45) is 5.10 Å². The second kappa shape index (κ2) is 5.94. The summed E-state index contributed by atoms with van der Waals surface area (Å²) in [5.41, 5.74) is 1.50. The van der Waals surface area contributed by atoms with Gasteiger partial charge in [0.2, 0.25) is 16.7 Å². The van der Waals surface area contributed by atoms with E-state index in [0.717, 1.165) is 23.9 Å². The summed E-state index contributed by atoms with van der Waals surface area (Å²) in [7, 11) is 0. The van der Waals surface area contributed by atoms with E-state index >= 15 is 0 Å². The van der Waals surface area contributed by atoms with Gasteiger partial charge in [0.05, 0.1) is 5.69 Å². The Morgan fingerprint density at radius 2 is 2.00 bits per heavy atom. The molecule has 1 aromatic carbocycles. The van der Waals surface area contributed by atoms with Crippen LogP contribution >= 0.6 is 11.8 Å². The Morgan fingerprint density at radius 3 is 2.62 bits per heavy atom. The highest BCUT2D eigenvalue weighted by atomic mass is 32.2. The van der Waals surface area contributed by atoms with Crippen LogP contribution in [0.5, 0.6) is 0 Å². The monoisotopic (exact) mass is 346 g/mol. The topological polar surface area (TPSA) is 82.1 Å². The maximum atomic E-state index is 13.2. The number of anilines is 1. The summed E-state index contributed by atoms with van der Waals surface area (Å²) < 4.78 is 0. The van der Waals surface area contributed by atoms with E-state index in [1.54, 1.807) is 4.90 Å². The molecule has 2 aliphatic heterocycles. The molecule has 3 rings (SSSR count). The van der Waals surface area contributed by atoms with Crippen molar-refractivity contribution < 1.29 is 14.4 Å². The Bertz CT molecular complexity index is 763. The Labute approximate surface area is 144 Å². The molecule has 0 radical (unpaired) electrons. The van der Waals surface area contributed by atoms with E-state index in [1.807, 2.05) is 31.2 Å². The molecule has 2 aliphatic rings. The summed E-state index contributed by atoms with van der Waals surface area (Å²) in [6.45, 7) is 5.27. The molecule has 0 aliphatic carbocycles. The molecule has 0 saturated heterocycles. The lowest BCUT2D eigenvalue weighted by Crippen LogP contribution is -2.48. The molecule has 7 nitrogen and oxygen atoms in total. The quantitative estimate of drug-likeness (QED) is 0.882. The van der Waals surface area contributed by atoms with Crippen molar-refractivity contribution in [3.63, 3.8) is 0 Å². The van der Waals surface area contributed by atoms with Gasteiger partial charge in [-0.05, 0) is 24.2 Å². The molecule has 2 heterocycles. The van der Waals surface area contributed by atoms with Crippen molar-refractivity contribution in [3.05, 3.63) is 29.8 Å². The lowest BCUT2D eigenvalue weighted by atomic mass is 10.1. The first-order valence-corrected chi connectivity index (χ1v) is 8.51. The Kier molecular flexibility index (Phi) is 4.08. The molecule has 0 saturated carbocycles. The Morgan fingerprint density at radius 1 is 1.29 bits per heavy atom. The van der Waals surface area contributed by atoms with Gasteiger partial charge in [0, 0.05) is 26.0 Å². The normalized spacial score (nSPS) is 22.0. The number of amidine groups is 1. The SMILES string of the molecule is CCCN1C(=O)[C@]2(SC(NC(C)=O)=NN2C(C)=O)c2ccccc21. The maximum absolute atomic E-state index is 13.2. The molecule has 24 heavy (non-hydrogen) atoms. The summed E-state index contributed by atoms with van der Waals surface area (Å²) in [5.74, 6) is -0.870. The number of fused-ring (bicyclic) bond motifs is 2. The van der Waals surface area contributed by atoms with Crippen LogP contribution in [-0.4, -0.2) is 34.4 Å². The molecular weight excluding hydrogens is 328 g/mol. The molecule has 0 unspecified atom stereocenters. The molecule has 1 aromatic rings. The smallest absolute Gasteiger partial charge is 0.270 e. The fourth-order valence-electron chi connectivity index (χ4n) is 3.01. The van der Waals surface area contributed by atoms with Crippen LogP contribution in [0.3, 0.4) is 0 Å². The van der Waals surface area contributed by atoms with Crippen molar-refractivity contribution in [1.82, 2.24) is 10.3 Å². The molecule has 126 valence electrons. The molecule has 0 fully saturated rings. The van der Waals surface area contributed by atoms with E-state index < -0.39 is 4.87 Å². The molecule has 1 atom stereocenters. The van der Waals surface area contributed by atoms with Gasteiger partial charge in [-0.25, -0.2) is 0 Å². The van der Waals surface area contributed by atoms with Gasteiger partial charge in [-0.15, -0.1) is 5.10 Å². The molecule has 8 heteroatoms. The van der Waals surface area contributed by atoms with Crippen molar-refractivity contribution in [2.75, 3.05) is 11.4 Å². The predicted molar refractivity (Wildman–Crippen MR) is 92.1 cm³/mol. The molecule has 0 aromatic heterocycles. The number of benzene rings is 1. The van der Waals surface area contributed by atoms with Crippen LogP contribution < -0.4 is 10.2 Å². The number of carbonyl (C=O) groups excluding carboxylic acids is 3. The van der Waals surface area contributed by atoms with Gasteiger partial charge in [-0.2, -0.15) is 5.01 Å². The standard InChI is InChI=1S/C16H18N4O3S/c1-4-9-19-13-8-6-5-7-12(13)16(14(19)23)20(11(3)22)18-15(24-16)17-10(2)21/h5-8H,4,9H2,1-3H3,(H,17,18,21)/t16-/m1/s1. The largest absolute Gasteiger partial charge is 0.309 e. The van der Waals surface area contributed by atoms with Crippen LogP contribution in [-0.2, 0) is 19.3 Å². The maximum Gasteiger partial charge on any atom is 0.270 e. The average Bonchev–Trinajstić information content (AvgIpc) is 3.01. The van der Waals surface area contributed by atoms with Gasteiger partial charge in [-0.3, -0.25) is 14.4 Å². The highest BCUT2D eigenvalue weighted by Crippen LogP contribution is 2.54. The number of rotatable bonds is 2. The number of hydrogen-bond donors (Lipinski definition) is 1. The first-order valence-electron chi connectivity index (χ1n) is 7.69. The van der Waals surface area contributed by atoms with Crippen LogP contribution in [0.2, 0.25) is 0 Å². The zero-order chi connectivity index (χ0) is 17.5. The minimum absolute atomic E-state index is 0.213. The molecule has 0 bridgehead atoms. The zero-order valence-electron chi connectivity index (χ0n) is 13.7. The predicted octanol–water partition coefficient (Wildman–Crippen LogP) is 1.60. The minimum atomic E-state index is -1.28. The third kappa shape index (κ3) is 2.29. The molecule has 1 N–H and O–H groups in total. The fourth-order valence-corrected chi connectivity index (χ4v) is 4.34. The number of carbonyl (C=O) groups is 3. The Hall–Kier alpha value is -2.35. The van der Waals surface area contributed by atoms with Gasteiger partial charge < -0.3 is 10.2 Å². The van der Waals surface area contributed by atoms with E-state index in [-0.39, 0.29) is 22.9 Å². The summed E-state index contributed by atoms with van der Waals surface area (Å²) in [4.78, 5) is 37.2. The first-order chi connectivity index (χ1) is 11.4. The summed E-state index contributed by atoms with van der Waals surface area (Å²) in [5, 5.41) is 8.21. The van der Waals surface area contributed by atoms with Crippen LogP contribution in [0, 0.1) is 0 Å². The molecular formula is C16H18N4O3S. The number of hydrazone groups is 1. The highest BCUT2D eigenvalue weighted by molar-refractivity contribution is 8.15. The second-order valence-electron chi connectivity index (χ2n) is 5.64. The number of para-hydroxylation sites is 1. The van der Waals surface area contributed by atoms with Gasteiger partial charge in [0.1, 0.15) is 0 Å². The van der Waals surface area contributed by atoms with Gasteiger partial charge in [0.15, 0.2) is 5.17 Å². The Balaban J connectivity index is 2.13. The van der Waals surface area contributed by atoms with Crippen molar-refractivity contribution in [1.29, 1.82) is 0 Å². The van der Waals surface area contributed by atoms with Crippen molar-refractivity contribution >= 4 is 40.3 Å². The summed E-state index contributed by atoms with van der Waals surface area (Å²) in [6.07, 6.45) is 0.792. The van der Waals surface area contributed by atoms with Crippen LogP contribution in [0.25, 0.3) is 0 Å². The number of amides is 3. The van der Waals surface area contributed by atoms with E-state index in [2.05, 4.69) is 10.4 Å². The first kappa shape index (κ1) is 16.5. The van der Waals surface area contributed by atoms with Gasteiger partial charge in [0.25, 0.3) is 5.91 Å². The summed E-state index contributed by atoms with van der Waals surface area (Å²) >= 11 is 1.10. The second-order valence-corrected chi connectivity index (χ2v) is 6.82. The fraction of sp³-hybridized carbons (Fsp3) is 0.375. The van der Waals surface area contributed by atoms with Crippen LogP contribution in [0.4, 0.5) is 5.69 Å². The average molecular weight is 346 g/mol. The third-order valence-electron chi connectivity index (χ3n) is 3.86. The van der Waals surface area contributed by atoms with E-state index in [4.69, 9.17) is 0 Å². The number of hydrogen-bond acceptors (Lipinski definition) is 5. The number of nitrogens with zero attached hydrogens (tertiary/aromatic N) is 3. The zero-order valence-corrected chi connectivity index (χ0v) is 14.5. The van der Waals surface area contributed by atoms with Crippen molar-refractivity contribution in [2.45, 2.75) is 32.1 Å². The minimum Gasteiger partial charge on any atom is -0.309 e. The summed E-state index contributed by atoms with van der Waals surface area (Å²) in [6, 6.07) is 7.39.